The number of rotatable bonds is 4. The van der Waals surface area contributed by atoms with Gasteiger partial charge in [0, 0.05) is 17.3 Å². The Morgan fingerprint density at radius 3 is 2.44 bits per heavy atom. The largest absolute Gasteiger partial charge is 0.337 e. The maximum Gasteiger partial charge on any atom is 0.131 e. The Bertz CT molecular complexity index is 870. The molecule has 4 rings (SSSR count). The number of hydrogen-bond donors (Lipinski definition) is 1. The van der Waals surface area contributed by atoms with Gasteiger partial charge in [0.05, 0.1) is 18.4 Å². The molecule has 0 saturated heterocycles. The molecule has 7 heteroatoms. The molecule has 1 aliphatic rings. The van der Waals surface area contributed by atoms with Crippen molar-refractivity contribution in [3.05, 3.63) is 72.1 Å². The van der Waals surface area contributed by atoms with E-state index in [-0.39, 0.29) is 12.1 Å². The van der Waals surface area contributed by atoms with Gasteiger partial charge < -0.3 is 4.90 Å². The highest BCUT2D eigenvalue weighted by molar-refractivity contribution is 5.67. The maximum absolute atomic E-state index is 13.8. The van der Waals surface area contributed by atoms with E-state index < -0.39 is 11.6 Å². The van der Waals surface area contributed by atoms with Crippen molar-refractivity contribution in [1.82, 2.24) is 15.1 Å². The monoisotopic (exact) mass is 339 g/mol. The lowest BCUT2D eigenvalue weighted by Gasteiger charge is -2.19. The van der Waals surface area contributed by atoms with E-state index in [0.717, 1.165) is 16.8 Å². The van der Waals surface area contributed by atoms with Gasteiger partial charge in [0.15, 0.2) is 0 Å². The first kappa shape index (κ1) is 15.3. The standard InChI is InChI=1S/C18H15F2N5/c19-17-2-1-3-18(20)16(17)10-24-11-23-25(12-24)15-6-4-13(5-7-15)14-8-21-22-9-14/h1-9,11H,10,12H2,(H,21,22). The molecule has 2 heterocycles. The Morgan fingerprint density at radius 1 is 1.00 bits per heavy atom. The molecule has 126 valence electrons. The summed E-state index contributed by atoms with van der Waals surface area (Å²) in [5.41, 5.74) is 3.00. The minimum Gasteiger partial charge on any atom is -0.337 e. The van der Waals surface area contributed by atoms with E-state index in [1.54, 1.807) is 22.4 Å². The maximum atomic E-state index is 13.8. The first-order valence-corrected chi connectivity index (χ1v) is 7.78. The van der Waals surface area contributed by atoms with Crippen LogP contribution in [0, 0.1) is 11.6 Å². The third-order valence-corrected chi connectivity index (χ3v) is 4.09. The van der Waals surface area contributed by atoms with Gasteiger partial charge in [-0.3, -0.25) is 5.10 Å². The first-order valence-electron chi connectivity index (χ1n) is 7.78. The number of aromatic amines is 1. The van der Waals surface area contributed by atoms with Crippen LogP contribution in [0.3, 0.4) is 0 Å². The summed E-state index contributed by atoms with van der Waals surface area (Å²) in [6.45, 7) is 0.560. The predicted molar refractivity (Wildman–Crippen MR) is 91.8 cm³/mol. The SMILES string of the molecule is Fc1cccc(F)c1CN1C=NN(c2ccc(-c3cn[nH]c3)cc2)C1. The Labute approximate surface area is 143 Å². The molecule has 0 unspecified atom stereocenters. The number of H-pyrrole nitrogens is 1. The summed E-state index contributed by atoms with van der Waals surface area (Å²) in [4.78, 5) is 1.76. The fraction of sp³-hybridized carbons (Fsp3) is 0.111. The molecule has 0 radical (unpaired) electrons. The molecule has 25 heavy (non-hydrogen) atoms. The second kappa shape index (κ2) is 6.35. The first-order chi connectivity index (χ1) is 12.2. The molecule has 0 fully saturated rings. The van der Waals surface area contributed by atoms with Crippen molar-refractivity contribution < 1.29 is 8.78 Å². The molecule has 0 atom stereocenters. The van der Waals surface area contributed by atoms with Gasteiger partial charge in [-0.1, -0.05) is 18.2 Å². The number of hydrogen-bond acceptors (Lipinski definition) is 4. The van der Waals surface area contributed by atoms with Crippen LogP contribution < -0.4 is 5.01 Å². The minimum absolute atomic E-state index is 0.0473. The predicted octanol–water partition coefficient (Wildman–Crippen LogP) is 3.58. The molecular formula is C18H15F2N5. The van der Waals surface area contributed by atoms with E-state index in [1.807, 2.05) is 30.5 Å². The molecule has 0 aliphatic carbocycles. The van der Waals surface area contributed by atoms with Crippen LogP contribution in [0.4, 0.5) is 14.5 Å². The lowest BCUT2D eigenvalue weighted by Crippen LogP contribution is -2.26. The number of nitrogens with zero attached hydrogens (tertiary/aromatic N) is 4. The van der Waals surface area contributed by atoms with Crippen molar-refractivity contribution in [2.75, 3.05) is 11.7 Å². The lowest BCUT2D eigenvalue weighted by molar-refractivity contribution is 0.422. The second-order valence-corrected chi connectivity index (χ2v) is 5.75. The van der Waals surface area contributed by atoms with Crippen LogP contribution in [0.15, 0.2) is 60.0 Å². The van der Waals surface area contributed by atoms with Gasteiger partial charge >= 0.3 is 0 Å². The second-order valence-electron chi connectivity index (χ2n) is 5.75. The average Bonchev–Trinajstić information content (AvgIpc) is 3.30. The van der Waals surface area contributed by atoms with Crippen LogP contribution in [0.1, 0.15) is 5.56 Å². The van der Waals surface area contributed by atoms with Crippen LogP contribution in [0.2, 0.25) is 0 Å². The molecule has 1 aliphatic heterocycles. The minimum atomic E-state index is -0.545. The third kappa shape index (κ3) is 3.08. The fourth-order valence-electron chi connectivity index (χ4n) is 2.74. The molecule has 0 amide bonds. The van der Waals surface area contributed by atoms with Gasteiger partial charge in [0.2, 0.25) is 0 Å². The van der Waals surface area contributed by atoms with Gasteiger partial charge in [-0.15, -0.1) is 0 Å². The van der Waals surface area contributed by atoms with Crippen molar-refractivity contribution in [2.24, 2.45) is 5.10 Å². The fourth-order valence-corrected chi connectivity index (χ4v) is 2.74. The summed E-state index contributed by atoms with van der Waals surface area (Å²) in [5, 5.41) is 12.8. The van der Waals surface area contributed by atoms with Crippen molar-refractivity contribution in [2.45, 2.75) is 6.54 Å². The Morgan fingerprint density at radius 2 is 1.76 bits per heavy atom. The van der Waals surface area contributed by atoms with Gasteiger partial charge in [0.1, 0.15) is 24.6 Å². The quantitative estimate of drug-likeness (QED) is 0.790. The van der Waals surface area contributed by atoms with Crippen LogP contribution in [0.25, 0.3) is 11.1 Å². The highest BCUT2D eigenvalue weighted by Gasteiger charge is 2.19. The van der Waals surface area contributed by atoms with E-state index in [9.17, 15) is 8.78 Å². The topological polar surface area (TPSA) is 47.5 Å². The summed E-state index contributed by atoms with van der Waals surface area (Å²) in [7, 11) is 0. The van der Waals surface area contributed by atoms with Crippen molar-refractivity contribution >= 4 is 12.0 Å². The zero-order valence-electron chi connectivity index (χ0n) is 13.2. The van der Waals surface area contributed by atoms with Crippen molar-refractivity contribution in [3.8, 4) is 11.1 Å². The van der Waals surface area contributed by atoms with Gasteiger partial charge in [-0.25, -0.2) is 13.8 Å². The molecule has 1 aromatic heterocycles. The van der Waals surface area contributed by atoms with Gasteiger partial charge in [-0.2, -0.15) is 10.2 Å². The average molecular weight is 339 g/mol. The molecular weight excluding hydrogens is 324 g/mol. The van der Waals surface area contributed by atoms with Gasteiger partial charge in [0.25, 0.3) is 0 Å². The smallest absolute Gasteiger partial charge is 0.131 e. The van der Waals surface area contributed by atoms with Crippen molar-refractivity contribution in [1.29, 1.82) is 0 Å². The van der Waals surface area contributed by atoms with Gasteiger partial charge in [-0.05, 0) is 29.8 Å². The summed E-state index contributed by atoms with van der Waals surface area (Å²) in [6, 6.07) is 11.7. The molecule has 0 saturated carbocycles. The number of nitrogens with one attached hydrogen (secondary N) is 1. The van der Waals surface area contributed by atoms with E-state index in [4.69, 9.17) is 0 Å². The highest BCUT2D eigenvalue weighted by atomic mass is 19.1. The molecule has 0 spiro atoms. The number of hydrazone groups is 1. The molecule has 1 N–H and O–H groups in total. The van der Waals surface area contributed by atoms with E-state index in [2.05, 4.69) is 15.3 Å². The van der Waals surface area contributed by atoms with Crippen LogP contribution in [-0.2, 0) is 6.54 Å². The van der Waals surface area contributed by atoms with E-state index >= 15 is 0 Å². The van der Waals surface area contributed by atoms with Crippen molar-refractivity contribution in [3.63, 3.8) is 0 Å². The zero-order chi connectivity index (χ0) is 17.2. The molecule has 2 aromatic carbocycles. The Kier molecular flexibility index (Phi) is 3.89. The summed E-state index contributed by atoms with van der Waals surface area (Å²) >= 11 is 0. The molecule has 3 aromatic rings. The zero-order valence-corrected chi connectivity index (χ0v) is 13.2. The van der Waals surface area contributed by atoms with Crippen LogP contribution in [-0.4, -0.2) is 28.1 Å². The highest BCUT2D eigenvalue weighted by Crippen LogP contribution is 2.24. The molecule has 0 bridgehead atoms. The number of halogens is 2. The summed E-state index contributed by atoms with van der Waals surface area (Å²) in [6.07, 6.45) is 5.18. The normalized spacial score (nSPS) is 13.7. The van der Waals surface area contributed by atoms with Crippen LogP contribution >= 0.6 is 0 Å². The van der Waals surface area contributed by atoms with E-state index in [1.165, 1.54) is 18.2 Å². The third-order valence-electron chi connectivity index (χ3n) is 4.09. The Balaban J connectivity index is 1.45. The summed E-state index contributed by atoms with van der Waals surface area (Å²) < 4.78 is 27.5. The lowest BCUT2D eigenvalue weighted by atomic mass is 10.1. The number of aromatic nitrogens is 2. The Hall–Kier alpha value is -3.22. The number of benzene rings is 2. The number of anilines is 1. The summed E-state index contributed by atoms with van der Waals surface area (Å²) in [5.74, 6) is -1.09. The van der Waals surface area contributed by atoms with E-state index in [0.29, 0.717) is 6.67 Å². The van der Waals surface area contributed by atoms with Crippen LogP contribution in [0.5, 0.6) is 0 Å². The molecule has 5 nitrogen and oxygen atoms in total.